The molecule has 0 saturated carbocycles. The van der Waals surface area contributed by atoms with E-state index in [1.165, 1.54) is 128 Å². The summed E-state index contributed by atoms with van der Waals surface area (Å²) in [5.41, 5.74) is 0. The molecule has 1 aliphatic heterocycles. The fraction of sp³-hybridized carbons (Fsp3) is 0.818. The first-order valence-electron chi connectivity index (χ1n) is 21.3. The quantitative estimate of drug-likeness (QED) is 0.0404. The van der Waals surface area contributed by atoms with Gasteiger partial charge >= 0.3 is 0 Å². The van der Waals surface area contributed by atoms with Crippen LogP contribution in [0, 0.1) is 0 Å². The molecule has 0 aliphatic carbocycles. The molecule has 0 aromatic rings. The molecular weight excluding hydrogens is 604 g/mol. The van der Waals surface area contributed by atoms with E-state index in [-0.39, 0.29) is 6.10 Å². The summed E-state index contributed by atoms with van der Waals surface area (Å²) >= 11 is 0. The Kier molecular flexibility index (Phi) is 35.5. The van der Waals surface area contributed by atoms with Gasteiger partial charge in [-0.05, 0) is 109 Å². The molecule has 0 amide bonds. The maximum absolute atomic E-state index is 10.0. The summed E-state index contributed by atoms with van der Waals surface area (Å²) in [7, 11) is 0. The molecule has 1 N–H and O–H groups in total. The Morgan fingerprint density at radius 3 is 1.43 bits per heavy atom. The molecule has 0 spiro atoms. The number of allylic oxidation sites excluding steroid dienone is 8. The van der Waals surface area contributed by atoms with Crippen molar-refractivity contribution >= 4 is 0 Å². The highest BCUT2D eigenvalue weighted by Gasteiger charge is 2.17. The third-order valence-electron chi connectivity index (χ3n) is 9.46. The number of likely N-dealkylation sites (tertiary alicyclic amines) is 1. The monoisotopic (exact) mass is 687 g/mol. The number of hydrogen-bond acceptors (Lipinski definition) is 5. The Labute approximate surface area is 305 Å². The van der Waals surface area contributed by atoms with Gasteiger partial charge < -0.3 is 10.0 Å². The van der Waals surface area contributed by atoms with E-state index in [0.717, 1.165) is 84.3 Å². The predicted octanol–water partition coefficient (Wildman–Crippen LogP) is 12.6. The summed E-state index contributed by atoms with van der Waals surface area (Å²) in [6, 6.07) is 0. The van der Waals surface area contributed by atoms with Crippen molar-refractivity contribution in [3.05, 3.63) is 48.6 Å². The van der Waals surface area contributed by atoms with Crippen LogP contribution in [-0.4, -0.2) is 60.7 Å². The minimum Gasteiger partial charge on any atom is -0.392 e. The number of hydrogen-bond donors (Lipinski definition) is 1. The minimum absolute atomic E-state index is 0.162. The van der Waals surface area contributed by atoms with Crippen molar-refractivity contribution in [2.45, 2.75) is 193 Å². The molecule has 0 aromatic heterocycles. The molecule has 1 atom stereocenters. The van der Waals surface area contributed by atoms with Crippen LogP contribution in [0.3, 0.4) is 0 Å². The smallest absolute Gasteiger partial charge is 0.0711 e. The Hall–Kier alpha value is -1.24. The van der Waals surface area contributed by atoms with Crippen molar-refractivity contribution in [3.63, 3.8) is 0 Å². The van der Waals surface area contributed by atoms with Crippen molar-refractivity contribution in [2.75, 3.05) is 39.4 Å². The molecule has 5 heteroatoms. The second kappa shape index (κ2) is 38.0. The summed E-state index contributed by atoms with van der Waals surface area (Å²) in [5.74, 6) is 0. The molecular formula is C44H82N2O3. The van der Waals surface area contributed by atoms with Gasteiger partial charge in [-0.25, -0.2) is 0 Å². The van der Waals surface area contributed by atoms with Crippen LogP contribution in [0.2, 0.25) is 0 Å². The molecule has 0 aromatic carbocycles. The van der Waals surface area contributed by atoms with Gasteiger partial charge in [-0.1, -0.05) is 145 Å². The van der Waals surface area contributed by atoms with E-state index in [2.05, 4.69) is 67.4 Å². The van der Waals surface area contributed by atoms with Crippen LogP contribution in [0.25, 0.3) is 0 Å². The van der Waals surface area contributed by atoms with Crippen molar-refractivity contribution in [3.8, 4) is 0 Å². The summed E-state index contributed by atoms with van der Waals surface area (Å²) < 4.78 is 0. The van der Waals surface area contributed by atoms with Crippen LogP contribution in [0.4, 0.5) is 0 Å². The predicted molar refractivity (Wildman–Crippen MR) is 214 cm³/mol. The lowest BCUT2D eigenvalue weighted by Crippen LogP contribution is -2.39. The summed E-state index contributed by atoms with van der Waals surface area (Å²) in [5, 5.41) is 11.8. The van der Waals surface area contributed by atoms with Crippen molar-refractivity contribution in [1.82, 2.24) is 10.1 Å². The molecule has 0 bridgehead atoms. The Balaban J connectivity index is 2.10. The first-order valence-corrected chi connectivity index (χ1v) is 21.3. The average Bonchev–Trinajstić information content (AvgIpc) is 3.10. The summed E-state index contributed by atoms with van der Waals surface area (Å²) in [4.78, 5) is 14.6. The number of nitrogens with zero attached hydrogens (tertiary/aromatic N) is 2. The third kappa shape index (κ3) is 33.7. The topological polar surface area (TPSA) is 45.2 Å². The average molecular weight is 687 g/mol. The third-order valence-corrected chi connectivity index (χ3v) is 9.46. The van der Waals surface area contributed by atoms with Crippen LogP contribution in [0.15, 0.2) is 48.6 Å². The van der Waals surface area contributed by atoms with Gasteiger partial charge in [0.2, 0.25) is 0 Å². The molecule has 1 saturated heterocycles. The maximum atomic E-state index is 10.0. The van der Waals surface area contributed by atoms with Crippen LogP contribution in [0.5, 0.6) is 0 Å². The van der Waals surface area contributed by atoms with Gasteiger partial charge in [-0.15, -0.1) is 0 Å². The maximum Gasteiger partial charge on any atom is 0.0711 e. The number of aliphatic hydroxyl groups excluding tert-OH is 1. The van der Waals surface area contributed by atoms with Crippen molar-refractivity contribution in [2.24, 2.45) is 0 Å². The molecule has 1 heterocycles. The largest absolute Gasteiger partial charge is 0.392 e. The number of aliphatic hydroxyl groups is 1. The number of β-amino-alcohol motifs (C(OH)–C–C–N with tert-alkyl or cyclic N) is 1. The molecule has 49 heavy (non-hydrogen) atoms. The fourth-order valence-corrected chi connectivity index (χ4v) is 6.34. The van der Waals surface area contributed by atoms with Gasteiger partial charge in [-0.3, -0.25) is 9.68 Å². The van der Waals surface area contributed by atoms with Crippen LogP contribution in [0.1, 0.15) is 187 Å². The molecule has 0 radical (unpaired) electrons. The fourth-order valence-electron chi connectivity index (χ4n) is 6.34. The van der Waals surface area contributed by atoms with Gasteiger partial charge in [-0.2, -0.15) is 0 Å². The number of hydroxylamine groups is 2. The molecule has 5 nitrogen and oxygen atoms in total. The van der Waals surface area contributed by atoms with Crippen LogP contribution < -0.4 is 0 Å². The SMILES string of the molecule is CCCCC/C=C\C/C=C\CCCCCCCCON(CCCN1CCCC(O)C1)OCCCCCCCC/C=C\C/C=C\CCCCC. The van der Waals surface area contributed by atoms with Gasteiger partial charge in [0, 0.05) is 6.54 Å². The number of rotatable bonds is 36. The first-order chi connectivity index (χ1) is 24.3. The molecule has 1 aliphatic rings. The molecule has 1 rings (SSSR count). The second-order valence-electron chi connectivity index (χ2n) is 14.3. The Morgan fingerprint density at radius 1 is 0.551 bits per heavy atom. The van der Waals surface area contributed by atoms with Gasteiger partial charge in [0.15, 0.2) is 0 Å². The van der Waals surface area contributed by atoms with E-state index in [1.54, 1.807) is 5.23 Å². The number of unbranched alkanes of at least 4 members (excludes halogenated alkanes) is 18. The zero-order valence-corrected chi connectivity index (χ0v) is 32.7. The van der Waals surface area contributed by atoms with E-state index in [1.807, 2.05) is 0 Å². The standard InChI is InChI=1S/C44H82N2O3/c1-3-5-7-9-11-13-15-17-19-21-23-25-27-29-31-33-41-48-46(40-36-39-45-38-35-37-44(47)43-45)49-42-34-32-30-28-26-24-22-20-18-16-14-12-10-8-6-4-2/h11-14,17-20,44,47H,3-10,15-16,21-43H2,1-2H3/b13-11-,14-12-,19-17-,20-18-. The summed E-state index contributed by atoms with van der Waals surface area (Å²) in [6.07, 6.45) is 51.7. The lowest BCUT2D eigenvalue weighted by molar-refractivity contribution is -0.369. The van der Waals surface area contributed by atoms with E-state index in [9.17, 15) is 5.11 Å². The highest BCUT2D eigenvalue weighted by atomic mass is 16.9. The number of piperidine rings is 1. The highest BCUT2D eigenvalue weighted by Crippen LogP contribution is 2.13. The zero-order valence-electron chi connectivity index (χ0n) is 32.7. The van der Waals surface area contributed by atoms with Gasteiger partial charge in [0.25, 0.3) is 0 Å². The van der Waals surface area contributed by atoms with E-state index >= 15 is 0 Å². The Morgan fingerprint density at radius 2 is 0.980 bits per heavy atom. The van der Waals surface area contributed by atoms with Crippen LogP contribution in [-0.2, 0) is 9.68 Å². The van der Waals surface area contributed by atoms with Crippen molar-refractivity contribution in [1.29, 1.82) is 0 Å². The van der Waals surface area contributed by atoms with E-state index in [0.29, 0.717) is 0 Å². The second-order valence-corrected chi connectivity index (χ2v) is 14.3. The molecule has 1 fully saturated rings. The zero-order chi connectivity index (χ0) is 35.1. The summed E-state index contributed by atoms with van der Waals surface area (Å²) in [6.45, 7) is 9.69. The van der Waals surface area contributed by atoms with E-state index in [4.69, 9.17) is 9.68 Å². The van der Waals surface area contributed by atoms with Crippen molar-refractivity contribution < 1.29 is 14.8 Å². The van der Waals surface area contributed by atoms with Crippen LogP contribution >= 0.6 is 0 Å². The lowest BCUT2D eigenvalue weighted by Gasteiger charge is -2.30. The molecule has 1 unspecified atom stereocenters. The Bertz CT molecular complexity index is 730. The van der Waals surface area contributed by atoms with E-state index < -0.39 is 0 Å². The molecule has 286 valence electrons. The van der Waals surface area contributed by atoms with Gasteiger partial charge in [0.1, 0.15) is 0 Å². The highest BCUT2D eigenvalue weighted by molar-refractivity contribution is 4.93. The van der Waals surface area contributed by atoms with Gasteiger partial charge in [0.05, 0.1) is 25.9 Å². The lowest BCUT2D eigenvalue weighted by atomic mass is 10.1. The normalized spacial score (nSPS) is 16.2. The minimum atomic E-state index is -0.162. The first kappa shape index (κ1) is 45.8.